The first-order valence-corrected chi connectivity index (χ1v) is 9.49. The van der Waals surface area contributed by atoms with E-state index in [1.54, 1.807) is 0 Å². The normalized spacial score (nSPS) is 29.7. The fourth-order valence-electron chi connectivity index (χ4n) is 4.35. The zero-order valence-electron chi connectivity index (χ0n) is 13.3. The van der Waals surface area contributed by atoms with Crippen molar-refractivity contribution < 1.29 is 0 Å². The summed E-state index contributed by atoms with van der Waals surface area (Å²) in [4.78, 5) is 4.12. The Morgan fingerprint density at radius 1 is 0.913 bits per heavy atom. The molecule has 23 heavy (non-hydrogen) atoms. The van der Waals surface area contributed by atoms with Gasteiger partial charge in [0.1, 0.15) is 0 Å². The Labute approximate surface area is 142 Å². The van der Waals surface area contributed by atoms with Crippen LogP contribution in [0.5, 0.6) is 0 Å². The van der Waals surface area contributed by atoms with E-state index in [1.165, 1.54) is 54.1 Å². The largest absolute Gasteiger partial charge is 0.302 e. The first-order valence-electron chi connectivity index (χ1n) is 8.72. The van der Waals surface area contributed by atoms with Crippen molar-refractivity contribution in [2.45, 2.75) is 30.3 Å². The lowest BCUT2D eigenvalue weighted by molar-refractivity contribution is 0.0420. The third-order valence-electron chi connectivity index (χ3n) is 5.71. The van der Waals surface area contributed by atoms with Gasteiger partial charge in [0, 0.05) is 24.0 Å². The van der Waals surface area contributed by atoms with Crippen LogP contribution >= 0.6 is 11.9 Å². The first kappa shape index (κ1) is 14.1. The van der Waals surface area contributed by atoms with E-state index in [0.29, 0.717) is 0 Å². The van der Waals surface area contributed by atoms with Gasteiger partial charge in [0.15, 0.2) is 0 Å². The molecule has 0 radical (unpaired) electrons. The minimum atomic E-state index is 0.745. The van der Waals surface area contributed by atoms with Crippen LogP contribution in [0.2, 0.25) is 0 Å². The van der Waals surface area contributed by atoms with Crippen molar-refractivity contribution in [2.24, 2.45) is 5.92 Å². The van der Waals surface area contributed by atoms with E-state index < -0.39 is 0 Å². The summed E-state index contributed by atoms with van der Waals surface area (Å²) in [5.74, 6) is 0.912. The molecule has 2 bridgehead atoms. The van der Waals surface area contributed by atoms with Crippen LogP contribution in [-0.4, -0.2) is 34.9 Å². The molecule has 0 amide bonds. The molecular weight excluding hydrogens is 300 g/mol. The lowest BCUT2D eigenvalue weighted by Gasteiger charge is -2.47. The van der Waals surface area contributed by atoms with Crippen molar-refractivity contribution in [3.05, 3.63) is 54.1 Å². The average molecular weight is 322 g/mol. The number of piperidine rings is 3. The van der Waals surface area contributed by atoms with Gasteiger partial charge in [-0.3, -0.25) is 0 Å². The molecule has 0 aliphatic carbocycles. The highest BCUT2D eigenvalue weighted by molar-refractivity contribution is 7.97. The van der Waals surface area contributed by atoms with Gasteiger partial charge in [-0.1, -0.05) is 42.5 Å². The minimum Gasteiger partial charge on any atom is -0.302 e. The average Bonchev–Trinajstić information content (AvgIpc) is 3.06. The number of fused-ring (bicyclic) bond motifs is 4. The Balaban J connectivity index is 1.39. The van der Waals surface area contributed by atoms with E-state index in [2.05, 4.69) is 57.7 Å². The number of hydrogen-bond acceptors (Lipinski definition) is 3. The van der Waals surface area contributed by atoms with Gasteiger partial charge in [-0.2, -0.15) is 0 Å². The third kappa shape index (κ3) is 2.51. The summed E-state index contributed by atoms with van der Waals surface area (Å²) in [6.07, 6.45) is 2.79. The first-order chi connectivity index (χ1) is 11.4. The maximum absolute atomic E-state index is 2.66. The molecule has 0 saturated carbocycles. The van der Waals surface area contributed by atoms with Crippen molar-refractivity contribution in [1.82, 2.24) is 9.21 Å². The summed E-state index contributed by atoms with van der Waals surface area (Å²) < 4.78 is 2.66. The highest BCUT2D eigenvalue weighted by Gasteiger charge is 2.39. The van der Waals surface area contributed by atoms with Gasteiger partial charge in [0.25, 0.3) is 0 Å². The SMILES string of the molecule is c1ccc(-c2ccc3c(c2)SN([C@@H]2CN4CCC2CC4)C3)cc1. The molecule has 4 aliphatic rings. The van der Waals surface area contributed by atoms with Gasteiger partial charge in [0.2, 0.25) is 0 Å². The topological polar surface area (TPSA) is 6.48 Å². The van der Waals surface area contributed by atoms with E-state index in [0.717, 1.165) is 18.5 Å². The summed E-state index contributed by atoms with van der Waals surface area (Å²) >= 11 is 2.00. The quantitative estimate of drug-likeness (QED) is 0.762. The molecule has 4 heterocycles. The second-order valence-electron chi connectivity index (χ2n) is 7.06. The number of rotatable bonds is 2. The van der Waals surface area contributed by atoms with Crippen molar-refractivity contribution in [1.29, 1.82) is 0 Å². The van der Waals surface area contributed by atoms with Crippen molar-refractivity contribution >= 4 is 11.9 Å². The van der Waals surface area contributed by atoms with Crippen molar-refractivity contribution in [2.75, 3.05) is 19.6 Å². The minimum absolute atomic E-state index is 0.745. The van der Waals surface area contributed by atoms with Crippen LogP contribution in [-0.2, 0) is 6.54 Å². The van der Waals surface area contributed by atoms with Crippen LogP contribution in [0.1, 0.15) is 18.4 Å². The summed E-state index contributed by atoms with van der Waals surface area (Å²) in [5.41, 5.74) is 4.16. The summed E-state index contributed by atoms with van der Waals surface area (Å²) in [6.45, 7) is 5.04. The maximum Gasteiger partial charge on any atom is 0.0366 e. The Morgan fingerprint density at radius 2 is 1.74 bits per heavy atom. The van der Waals surface area contributed by atoms with Gasteiger partial charge in [-0.25, -0.2) is 4.31 Å². The molecule has 3 heteroatoms. The Hall–Kier alpha value is -1.29. The third-order valence-corrected chi connectivity index (χ3v) is 6.92. The van der Waals surface area contributed by atoms with E-state index >= 15 is 0 Å². The van der Waals surface area contributed by atoms with Gasteiger partial charge >= 0.3 is 0 Å². The molecule has 2 aromatic rings. The predicted octanol–water partition coefficient (Wildman–Crippen LogP) is 4.27. The molecule has 6 rings (SSSR count). The molecule has 3 saturated heterocycles. The second kappa shape index (κ2) is 5.66. The van der Waals surface area contributed by atoms with Gasteiger partial charge < -0.3 is 4.90 Å². The summed E-state index contributed by atoms with van der Waals surface area (Å²) in [5, 5.41) is 0. The highest BCUT2D eigenvalue weighted by Crippen LogP contribution is 2.43. The predicted molar refractivity (Wildman–Crippen MR) is 96.2 cm³/mol. The molecule has 4 aliphatic heterocycles. The maximum atomic E-state index is 2.66. The smallest absolute Gasteiger partial charge is 0.0366 e. The van der Waals surface area contributed by atoms with E-state index in [-0.39, 0.29) is 0 Å². The molecule has 0 spiro atoms. The summed E-state index contributed by atoms with van der Waals surface area (Å²) in [6, 6.07) is 18.5. The number of nitrogens with zero attached hydrogens (tertiary/aromatic N) is 2. The van der Waals surface area contributed by atoms with Gasteiger partial charge in [-0.05, 0) is 66.6 Å². The lowest BCUT2D eigenvalue weighted by atomic mass is 9.84. The zero-order valence-corrected chi connectivity index (χ0v) is 14.1. The Bertz CT molecular complexity index is 707. The van der Waals surface area contributed by atoms with E-state index in [1.807, 2.05) is 11.9 Å². The van der Waals surface area contributed by atoms with Crippen LogP contribution in [0.25, 0.3) is 11.1 Å². The van der Waals surface area contributed by atoms with Crippen molar-refractivity contribution in [3.63, 3.8) is 0 Å². The van der Waals surface area contributed by atoms with Crippen LogP contribution in [0.3, 0.4) is 0 Å². The van der Waals surface area contributed by atoms with E-state index in [4.69, 9.17) is 0 Å². The fourth-order valence-corrected chi connectivity index (χ4v) is 5.61. The van der Waals surface area contributed by atoms with Gasteiger partial charge in [-0.15, -0.1) is 0 Å². The Morgan fingerprint density at radius 3 is 2.48 bits per heavy atom. The number of hydrogen-bond donors (Lipinski definition) is 0. The van der Waals surface area contributed by atoms with Crippen LogP contribution in [0, 0.1) is 5.92 Å². The number of benzene rings is 2. The standard InChI is InChI=1S/C20H22N2S/c1-2-4-15(5-3-1)17-6-7-18-13-22(23-20(18)12-17)19-14-21-10-8-16(19)9-11-21/h1-7,12,16,19H,8-11,13-14H2/t19-/m1/s1. The van der Waals surface area contributed by atoms with Crippen LogP contribution in [0.15, 0.2) is 53.4 Å². The molecule has 1 atom stereocenters. The van der Waals surface area contributed by atoms with Gasteiger partial charge in [0.05, 0.1) is 0 Å². The molecule has 118 valence electrons. The van der Waals surface area contributed by atoms with E-state index in [9.17, 15) is 0 Å². The fraction of sp³-hybridized carbons (Fsp3) is 0.400. The highest BCUT2D eigenvalue weighted by atomic mass is 32.2. The summed E-state index contributed by atoms with van der Waals surface area (Å²) in [7, 11) is 0. The molecule has 0 unspecified atom stereocenters. The van der Waals surface area contributed by atoms with Crippen LogP contribution in [0.4, 0.5) is 0 Å². The molecule has 2 aromatic carbocycles. The molecule has 2 nitrogen and oxygen atoms in total. The molecule has 3 fully saturated rings. The Kier molecular flexibility index (Phi) is 3.47. The molecule has 0 aromatic heterocycles. The second-order valence-corrected chi connectivity index (χ2v) is 8.15. The molecular formula is C20H22N2S. The van der Waals surface area contributed by atoms with Crippen LogP contribution < -0.4 is 0 Å². The lowest BCUT2D eigenvalue weighted by Crippen LogP contribution is -2.54. The zero-order chi connectivity index (χ0) is 15.2. The monoisotopic (exact) mass is 322 g/mol. The molecule has 0 N–H and O–H groups in total. The van der Waals surface area contributed by atoms with Crippen molar-refractivity contribution in [3.8, 4) is 11.1 Å².